The molecule has 0 aliphatic carbocycles. The molecule has 1 unspecified atom stereocenters. The first kappa shape index (κ1) is 23.7. The van der Waals surface area contributed by atoms with Crippen LogP contribution in [0.2, 0.25) is 0 Å². The van der Waals surface area contributed by atoms with E-state index >= 15 is 0 Å². The first-order valence-corrected chi connectivity index (χ1v) is 12.0. The zero-order chi connectivity index (χ0) is 25.4. The summed E-state index contributed by atoms with van der Waals surface area (Å²) >= 11 is 0. The number of carboxylic acids is 1. The van der Waals surface area contributed by atoms with Crippen molar-refractivity contribution in [3.8, 4) is 11.8 Å². The average Bonchev–Trinajstić information content (AvgIpc) is 2.90. The van der Waals surface area contributed by atoms with E-state index in [1.165, 1.54) is 16.8 Å². The number of carboxylic acid groups (broad SMARTS) is 1. The predicted octanol–water partition coefficient (Wildman–Crippen LogP) is 2.28. The molecule has 184 valence electrons. The topological polar surface area (TPSA) is 106 Å². The Bertz CT molecular complexity index is 1540. The molecule has 6 rings (SSSR count). The molecule has 1 aromatic heterocycles. The van der Waals surface area contributed by atoms with E-state index in [1.54, 1.807) is 37.4 Å². The lowest BCUT2D eigenvalue weighted by molar-refractivity contribution is -0.139. The lowest BCUT2D eigenvalue weighted by atomic mass is 9.71. The molecule has 2 aromatic carbocycles. The minimum absolute atomic E-state index is 0.0649. The molecule has 0 saturated carbocycles. The second-order valence-corrected chi connectivity index (χ2v) is 9.69. The van der Waals surface area contributed by atoms with Crippen molar-refractivity contribution < 1.29 is 14.7 Å². The zero-order valence-corrected chi connectivity index (χ0v) is 20.0. The summed E-state index contributed by atoms with van der Waals surface area (Å²) in [5.74, 6) is -2.51. The van der Waals surface area contributed by atoms with E-state index in [-0.39, 0.29) is 12.3 Å². The molecule has 1 atom stereocenters. The first-order chi connectivity index (χ1) is 17.3. The second kappa shape index (κ2) is 9.21. The Balaban J connectivity index is 1.50. The molecule has 3 aliphatic rings. The van der Waals surface area contributed by atoms with Crippen LogP contribution in [0.15, 0.2) is 58.3 Å². The summed E-state index contributed by atoms with van der Waals surface area (Å²) < 4.78 is 2.42. The number of nitrogens with zero attached hydrogens (tertiary/aromatic N) is 4. The van der Waals surface area contributed by atoms with E-state index in [1.807, 2.05) is 6.07 Å². The van der Waals surface area contributed by atoms with Gasteiger partial charge in [-0.25, -0.2) is 9.36 Å². The van der Waals surface area contributed by atoms with Gasteiger partial charge in [-0.1, -0.05) is 30.3 Å². The number of aliphatic carboxylic acids is 1. The number of hydrogen-bond acceptors (Lipinski definition) is 5. The maximum absolute atomic E-state index is 13.0. The summed E-state index contributed by atoms with van der Waals surface area (Å²) in [6.07, 6.45) is 3.73. The lowest BCUT2D eigenvalue weighted by Gasteiger charge is -2.43. The fourth-order valence-electron chi connectivity index (χ4n) is 5.33. The molecular formula is C27H27N4O5+. The van der Waals surface area contributed by atoms with Crippen molar-refractivity contribution in [2.24, 2.45) is 18.4 Å². The van der Waals surface area contributed by atoms with Gasteiger partial charge < -0.3 is 14.6 Å². The minimum atomic E-state index is -1.12. The Morgan fingerprint density at radius 2 is 1.69 bits per heavy atom. The normalized spacial score (nSPS) is 21.5. The smallest absolute Gasteiger partial charge is 0.480 e. The average molecular weight is 488 g/mol. The third kappa shape index (κ3) is 4.14. The van der Waals surface area contributed by atoms with Crippen molar-refractivity contribution in [3.05, 3.63) is 79.9 Å². The van der Waals surface area contributed by atoms with Gasteiger partial charge in [-0.15, -0.1) is 0 Å². The van der Waals surface area contributed by atoms with Gasteiger partial charge >= 0.3 is 23.6 Å². The molecule has 0 radical (unpaired) electrons. The highest BCUT2D eigenvalue weighted by Crippen LogP contribution is 2.41. The Kier molecular flexibility index (Phi) is 6.06. The van der Waals surface area contributed by atoms with Gasteiger partial charge in [0.1, 0.15) is 5.41 Å². The van der Waals surface area contributed by atoms with Crippen LogP contribution >= 0.6 is 0 Å². The Labute approximate surface area is 207 Å². The number of aromatic nitrogens is 2. The van der Waals surface area contributed by atoms with E-state index in [9.17, 15) is 24.3 Å². The van der Waals surface area contributed by atoms with Crippen molar-refractivity contribution in [2.75, 3.05) is 19.6 Å². The number of carbonyl (C=O) groups is 2. The standard InChI is InChI=1S/C27H26N4O5/c1-29-12-8-23(32)31(26(29)36)22-7-3-5-20-18(4-2-6-21(20)22)16-19(24(33)34)17-28-25(35)27-9-13-30(14-10-27)15-11-27/h2-8,12,19H,9-11,13-16H2,1H3/p+1. The van der Waals surface area contributed by atoms with Crippen LogP contribution in [-0.2, 0) is 23.1 Å². The van der Waals surface area contributed by atoms with Crippen LogP contribution in [0.3, 0.4) is 0 Å². The molecular weight excluding hydrogens is 460 g/mol. The van der Waals surface area contributed by atoms with Crippen molar-refractivity contribution in [2.45, 2.75) is 25.7 Å². The summed E-state index contributed by atoms with van der Waals surface area (Å²) in [5, 5.41) is 11.2. The van der Waals surface area contributed by atoms with Crippen LogP contribution in [0.5, 0.6) is 0 Å². The van der Waals surface area contributed by atoms with Crippen LogP contribution in [0.25, 0.3) is 21.3 Å². The Morgan fingerprint density at radius 1 is 1.03 bits per heavy atom. The van der Waals surface area contributed by atoms with E-state index in [4.69, 9.17) is 0 Å². The number of piperidine rings is 3. The number of rotatable bonds is 5. The van der Waals surface area contributed by atoms with Crippen LogP contribution in [0, 0.1) is 17.4 Å². The second-order valence-electron chi connectivity index (χ2n) is 9.69. The fraction of sp³-hybridized carbons (Fsp3) is 0.370. The van der Waals surface area contributed by atoms with Gasteiger partial charge in [0.05, 0.1) is 5.69 Å². The summed E-state index contributed by atoms with van der Waals surface area (Å²) in [4.78, 5) is 56.6. The SMILES string of the molecule is Cn1ccc(=O)n(-c2cccc3c(CC(C#[N+]C(=O)C45CCN(CC4)CC5)C(=O)O)cccc23)c1=O. The maximum atomic E-state index is 13.0. The van der Waals surface area contributed by atoms with Crippen molar-refractivity contribution in [3.63, 3.8) is 0 Å². The van der Waals surface area contributed by atoms with Crippen LogP contribution in [0.1, 0.15) is 24.8 Å². The van der Waals surface area contributed by atoms with Crippen molar-refractivity contribution in [1.82, 2.24) is 14.0 Å². The lowest BCUT2D eigenvalue weighted by Crippen LogP contribution is -2.51. The van der Waals surface area contributed by atoms with Gasteiger partial charge in [-0.2, -0.15) is 4.79 Å². The molecule has 9 nitrogen and oxygen atoms in total. The van der Waals surface area contributed by atoms with Crippen LogP contribution < -0.4 is 11.2 Å². The molecule has 3 saturated heterocycles. The van der Waals surface area contributed by atoms with Gasteiger partial charge in [0.25, 0.3) is 5.56 Å². The Hall–Kier alpha value is -4.03. The van der Waals surface area contributed by atoms with Crippen molar-refractivity contribution >= 4 is 22.6 Å². The quantitative estimate of drug-likeness (QED) is 0.592. The van der Waals surface area contributed by atoms with Gasteiger partial charge in [0.15, 0.2) is 5.92 Å². The predicted molar refractivity (Wildman–Crippen MR) is 135 cm³/mol. The van der Waals surface area contributed by atoms with Gasteiger partial charge in [-0.05, 0) is 55.9 Å². The largest absolute Gasteiger partial charge is 0.521 e. The van der Waals surface area contributed by atoms with Gasteiger partial charge in [0, 0.05) is 36.0 Å². The van der Waals surface area contributed by atoms with Crippen LogP contribution in [-0.4, -0.2) is 50.7 Å². The molecule has 9 heteroatoms. The molecule has 2 bridgehead atoms. The summed E-state index contributed by atoms with van der Waals surface area (Å²) in [6.45, 7) is 2.61. The van der Waals surface area contributed by atoms with E-state index < -0.39 is 28.6 Å². The number of fused-ring (bicyclic) bond motifs is 4. The fourth-order valence-corrected chi connectivity index (χ4v) is 5.33. The van der Waals surface area contributed by atoms with Gasteiger partial charge in [-0.3, -0.25) is 9.59 Å². The minimum Gasteiger partial charge on any atom is -0.480 e. The third-order valence-electron chi connectivity index (χ3n) is 7.60. The first-order valence-electron chi connectivity index (χ1n) is 12.0. The zero-order valence-electron chi connectivity index (χ0n) is 20.0. The molecule has 3 fully saturated rings. The number of amides is 1. The molecule has 36 heavy (non-hydrogen) atoms. The molecule has 3 aliphatic heterocycles. The summed E-state index contributed by atoms with van der Waals surface area (Å²) in [6, 6.07) is 14.5. The van der Waals surface area contributed by atoms with Crippen LogP contribution in [0.4, 0.5) is 0 Å². The van der Waals surface area contributed by atoms with E-state index in [2.05, 4.69) is 15.8 Å². The van der Waals surface area contributed by atoms with E-state index in [0.29, 0.717) is 22.0 Å². The third-order valence-corrected chi connectivity index (χ3v) is 7.60. The number of aryl methyl sites for hydroxylation is 1. The Morgan fingerprint density at radius 3 is 2.39 bits per heavy atom. The maximum Gasteiger partial charge on any atom is 0.521 e. The van der Waals surface area contributed by atoms with E-state index in [0.717, 1.165) is 43.5 Å². The highest BCUT2D eigenvalue weighted by atomic mass is 16.4. The number of hydrogen-bond donors (Lipinski definition) is 1. The summed E-state index contributed by atoms with van der Waals surface area (Å²) in [5.41, 5.74) is -0.305. The number of carbonyl (C=O) groups excluding carboxylic acids is 1. The number of benzene rings is 2. The molecule has 4 heterocycles. The molecule has 3 aromatic rings. The monoisotopic (exact) mass is 487 g/mol. The van der Waals surface area contributed by atoms with Crippen molar-refractivity contribution in [1.29, 1.82) is 0 Å². The molecule has 1 amide bonds. The molecule has 1 N–H and O–H groups in total. The van der Waals surface area contributed by atoms with Gasteiger partial charge in [0.2, 0.25) is 0 Å². The summed E-state index contributed by atoms with van der Waals surface area (Å²) in [7, 11) is 1.57. The highest BCUT2D eigenvalue weighted by molar-refractivity contribution is 5.94. The molecule has 0 spiro atoms. The highest BCUT2D eigenvalue weighted by Gasteiger charge is 2.51.